The third-order valence-corrected chi connectivity index (χ3v) is 3.07. The van der Waals surface area contributed by atoms with Gasteiger partial charge < -0.3 is 31.0 Å². The Morgan fingerprint density at radius 3 is 2.77 bits per heavy atom. The molecule has 2 aromatic rings. The number of aromatic nitrogens is 2. The van der Waals surface area contributed by atoms with Crippen molar-refractivity contribution in [3.05, 3.63) is 28.7 Å². The maximum absolute atomic E-state index is 11.8. The highest BCUT2D eigenvalue weighted by atomic mass is 16.6. The Morgan fingerprint density at radius 1 is 1.41 bits per heavy atom. The number of carbonyl (C=O) groups is 1. The molecule has 6 N–H and O–H groups in total. The summed E-state index contributed by atoms with van der Waals surface area (Å²) in [7, 11) is 0. The van der Waals surface area contributed by atoms with Gasteiger partial charge in [-0.25, -0.2) is 9.59 Å². The number of rotatable bonds is 6. The number of aliphatic hydroxyl groups is 2. The first-order chi connectivity index (χ1) is 10.6. The number of ether oxygens (including phenoxy) is 1. The maximum Gasteiger partial charge on any atom is 0.412 e. The number of amides is 1. The number of nitrogens with two attached hydrogens (primary N) is 1. The molecule has 1 aromatic heterocycles. The molecule has 120 valence electrons. The number of fused-ring (bicyclic) bond motifs is 1. The van der Waals surface area contributed by atoms with Crippen LogP contribution in [0, 0.1) is 0 Å². The van der Waals surface area contributed by atoms with E-state index in [1.165, 1.54) is 16.7 Å². The molecule has 22 heavy (non-hydrogen) atoms. The number of nitrogens with zero attached hydrogens (tertiary/aromatic N) is 1. The topological polar surface area (TPSA) is 143 Å². The van der Waals surface area contributed by atoms with Crippen LogP contribution in [0.4, 0.5) is 4.79 Å². The number of aliphatic hydroxyl groups excluding tert-OH is 2. The van der Waals surface area contributed by atoms with Gasteiger partial charge in [0.25, 0.3) is 0 Å². The summed E-state index contributed by atoms with van der Waals surface area (Å²) in [5.74, 6) is 0.226. The fourth-order valence-corrected chi connectivity index (χ4v) is 2.00. The molecule has 0 radical (unpaired) electrons. The van der Waals surface area contributed by atoms with Crippen molar-refractivity contribution in [3.8, 4) is 5.75 Å². The first-order valence-corrected chi connectivity index (χ1v) is 6.71. The predicted molar refractivity (Wildman–Crippen MR) is 78.7 cm³/mol. The van der Waals surface area contributed by atoms with Crippen LogP contribution in [-0.4, -0.2) is 51.7 Å². The average Bonchev–Trinajstić information content (AvgIpc) is 2.81. The van der Waals surface area contributed by atoms with Crippen molar-refractivity contribution < 1.29 is 19.7 Å². The van der Waals surface area contributed by atoms with Crippen molar-refractivity contribution in [1.29, 1.82) is 0 Å². The molecule has 0 aliphatic carbocycles. The van der Waals surface area contributed by atoms with Gasteiger partial charge >= 0.3 is 11.8 Å². The second-order valence-corrected chi connectivity index (χ2v) is 4.65. The lowest BCUT2D eigenvalue weighted by molar-refractivity contribution is 0.153. The van der Waals surface area contributed by atoms with E-state index in [0.29, 0.717) is 24.1 Å². The van der Waals surface area contributed by atoms with E-state index in [1.54, 1.807) is 6.07 Å². The molecule has 1 amide bonds. The summed E-state index contributed by atoms with van der Waals surface area (Å²) in [5.41, 5.74) is 6.36. The van der Waals surface area contributed by atoms with E-state index in [-0.39, 0.29) is 11.4 Å². The van der Waals surface area contributed by atoms with Crippen LogP contribution in [0.5, 0.6) is 5.75 Å². The van der Waals surface area contributed by atoms with Gasteiger partial charge in [-0.05, 0) is 12.1 Å². The maximum atomic E-state index is 11.8. The van der Waals surface area contributed by atoms with Crippen molar-refractivity contribution in [2.24, 2.45) is 5.73 Å². The number of benzene rings is 1. The van der Waals surface area contributed by atoms with E-state index in [0.717, 1.165) is 0 Å². The number of H-pyrrole nitrogens is 1. The number of hydrogen-bond donors (Lipinski definition) is 5. The average molecular weight is 310 g/mol. The first-order valence-electron chi connectivity index (χ1n) is 6.71. The Hall–Kier alpha value is -2.36. The molecular formula is C13H18N4O5. The van der Waals surface area contributed by atoms with Crippen LogP contribution in [0.3, 0.4) is 0 Å². The number of aromatic amines is 1. The smallest absolute Gasteiger partial charge is 0.410 e. The predicted octanol–water partition coefficient (Wildman–Crippen LogP) is -1.27. The molecule has 1 aromatic carbocycles. The molecule has 0 fully saturated rings. The molecule has 0 atom stereocenters. The lowest BCUT2D eigenvalue weighted by atomic mass is 10.3. The fraction of sp³-hybridized carbons (Fsp3) is 0.385. The summed E-state index contributed by atoms with van der Waals surface area (Å²) < 4.78 is 6.52. The summed E-state index contributed by atoms with van der Waals surface area (Å²) in [6.45, 7) is -0.171. The lowest BCUT2D eigenvalue weighted by Gasteiger charge is -2.13. The van der Waals surface area contributed by atoms with Gasteiger partial charge in [0.2, 0.25) is 0 Å². The second-order valence-electron chi connectivity index (χ2n) is 4.65. The van der Waals surface area contributed by atoms with Crippen molar-refractivity contribution in [3.63, 3.8) is 0 Å². The number of imidazole rings is 1. The minimum atomic E-state index is -0.810. The summed E-state index contributed by atoms with van der Waals surface area (Å²) in [6.07, 6.45) is -0.810. The zero-order valence-electron chi connectivity index (χ0n) is 11.8. The van der Waals surface area contributed by atoms with Gasteiger partial charge in [0.05, 0.1) is 30.3 Å². The van der Waals surface area contributed by atoms with E-state index in [2.05, 4.69) is 10.3 Å². The number of nitrogens with one attached hydrogen (secondary N) is 2. The molecule has 0 spiro atoms. The minimum absolute atomic E-state index is 0.226. The molecule has 0 aliphatic rings. The van der Waals surface area contributed by atoms with Gasteiger partial charge in [-0.15, -0.1) is 0 Å². The molecule has 0 saturated heterocycles. The van der Waals surface area contributed by atoms with Crippen molar-refractivity contribution in [1.82, 2.24) is 14.9 Å². The number of carbonyl (C=O) groups excluding carboxylic acids is 1. The van der Waals surface area contributed by atoms with Crippen LogP contribution >= 0.6 is 0 Å². The molecule has 1 heterocycles. The third-order valence-electron chi connectivity index (χ3n) is 3.07. The SMILES string of the molecule is NCCn1c(=O)[nH]c2ccc(OC(=O)NC(CO)CO)cc21. The monoisotopic (exact) mass is 310 g/mol. The Bertz CT molecular complexity index is 704. The molecule has 0 aliphatic heterocycles. The van der Waals surface area contributed by atoms with Crippen LogP contribution in [0.1, 0.15) is 0 Å². The minimum Gasteiger partial charge on any atom is -0.410 e. The molecular weight excluding hydrogens is 292 g/mol. The largest absolute Gasteiger partial charge is 0.412 e. The van der Waals surface area contributed by atoms with E-state index >= 15 is 0 Å². The highest BCUT2D eigenvalue weighted by Gasteiger charge is 2.13. The molecule has 0 bridgehead atoms. The van der Waals surface area contributed by atoms with Gasteiger partial charge in [0.1, 0.15) is 5.75 Å². The Kier molecular flexibility index (Phi) is 5.15. The Morgan fingerprint density at radius 2 is 2.14 bits per heavy atom. The van der Waals surface area contributed by atoms with Crippen LogP contribution < -0.4 is 21.5 Å². The van der Waals surface area contributed by atoms with Crippen molar-refractivity contribution >= 4 is 17.1 Å². The van der Waals surface area contributed by atoms with Crippen LogP contribution in [0.25, 0.3) is 11.0 Å². The highest BCUT2D eigenvalue weighted by molar-refractivity contribution is 5.79. The standard InChI is InChI=1S/C13H18N4O5/c14-3-4-17-11-5-9(1-2-10(11)16-12(17)20)22-13(21)15-8(6-18)7-19/h1-2,5,8,18-19H,3-4,6-7,14H2,(H,15,21)(H,16,20). The zero-order valence-corrected chi connectivity index (χ0v) is 11.8. The fourth-order valence-electron chi connectivity index (χ4n) is 2.00. The van der Waals surface area contributed by atoms with E-state index in [1.807, 2.05) is 0 Å². The normalized spacial score (nSPS) is 11.1. The zero-order chi connectivity index (χ0) is 16.1. The van der Waals surface area contributed by atoms with Crippen molar-refractivity contribution in [2.75, 3.05) is 19.8 Å². The summed E-state index contributed by atoms with van der Waals surface area (Å²) in [5, 5.41) is 20.1. The van der Waals surface area contributed by atoms with Gasteiger partial charge in [-0.3, -0.25) is 4.57 Å². The second kappa shape index (κ2) is 7.07. The van der Waals surface area contributed by atoms with Crippen LogP contribution in [0.15, 0.2) is 23.0 Å². The Balaban J connectivity index is 2.20. The quantitative estimate of drug-likeness (QED) is 0.450. The van der Waals surface area contributed by atoms with E-state index in [4.69, 9.17) is 20.7 Å². The molecule has 0 saturated carbocycles. The molecule has 9 heteroatoms. The van der Waals surface area contributed by atoms with E-state index in [9.17, 15) is 9.59 Å². The van der Waals surface area contributed by atoms with Gasteiger partial charge in [0.15, 0.2) is 0 Å². The lowest BCUT2D eigenvalue weighted by Crippen LogP contribution is -2.41. The number of hydrogen-bond acceptors (Lipinski definition) is 6. The highest BCUT2D eigenvalue weighted by Crippen LogP contribution is 2.18. The van der Waals surface area contributed by atoms with Crippen molar-refractivity contribution in [2.45, 2.75) is 12.6 Å². The molecule has 2 rings (SSSR count). The Labute approximate surface area is 125 Å². The molecule has 0 unspecified atom stereocenters. The van der Waals surface area contributed by atoms with Gasteiger partial charge in [-0.2, -0.15) is 0 Å². The molecule has 9 nitrogen and oxygen atoms in total. The van der Waals surface area contributed by atoms with Gasteiger partial charge in [-0.1, -0.05) is 0 Å². The summed E-state index contributed by atoms with van der Waals surface area (Å²) in [6, 6.07) is 3.88. The summed E-state index contributed by atoms with van der Waals surface area (Å²) >= 11 is 0. The van der Waals surface area contributed by atoms with Crippen LogP contribution in [0.2, 0.25) is 0 Å². The third kappa shape index (κ3) is 3.45. The van der Waals surface area contributed by atoms with Gasteiger partial charge in [0, 0.05) is 19.2 Å². The first kappa shape index (κ1) is 16.0. The van der Waals surface area contributed by atoms with Crippen LogP contribution in [-0.2, 0) is 6.54 Å². The van der Waals surface area contributed by atoms with E-state index < -0.39 is 25.3 Å². The summed E-state index contributed by atoms with van der Waals surface area (Å²) in [4.78, 5) is 26.1.